The smallest absolute Gasteiger partial charge is 0.240 e. The molecule has 25 heavy (non-hydrogen) atoms. The number of hydrogen-bond donors (Lipinski definition) is 2. The molecule has 0 saturated carbocycles. The highest BCUT2D eigenvalue weighted by molar-refractivity contribution is 6.11. The summed E-state index contributed by atoms with van der Waals surface area (Å²) in [5.74, 6) is -0.108. The minimum absolute atomic E-state index is 0.0357. The lowest BCUT2D eigenvalue weighted by molar-refractivity contribution is -0.126. The van der Waals surface area contributed by atoms with E-state index in [0.717, 1.165) is 29.8 Å². The predicted octanol–water partition coefficient (Wildman–Crippen LogP) is 1.58. The molecule has 1 saturated heterocycles. The van der Waals surface area contributed by atoms with E-state index in [4.69, 9.17) is 0 Å². The van der Waals surface area contributed by atoms with Gasteiger partial charge in [0.25, 0.3) is 0 Å². The van der Waals surface area contributed by atoms with Gasteiger partial charge in [-0.15, -0.1) is 0 Å². The predicted molar refractivity (Wildman–Crippen MR) is 96.2 cm³/mol. The summed E-state index contributed by atoms with van der Waals surface area (Å²) in [7, 11) is 0. The summed E-state index contributed by atoms with van der Waals surface area (Å²) < 4.78 is 0. The van der Waals surface area contributed by atoms with Crippen molar-refractivity contribution in [2.45, 2.75) is 18.4 Å². The van der Waals surface area contributed by atoms with Crippen molar-refractivity contribution in [2.75, 3.05) is 24.5 Å². The van der Waals surface area contributed by atoms with Crippen LogP contribution in [0.4, 0.5) is 5.69 Å². The summed E-state index contributed by atoms with van der Waals surface area (Å²) >= 11 is 0. The van der Waals surface area contributed by atoms with Crippen molar-refractivity contribution in [2.24, 2.45) is 0 Å². The molecule has 1 fully saturated rings. The number of carbonyl (C=O) groups is 2. The molecular formula is C20H21N3O2. The Hall–Kier alpha value is -2.66. The molecule has 0 radical (unpaired) electrons. The second kappa shape index (κ2) is 6.33. The Kier molecular flexibility index (Phi) is 4.01. The van der Waals surface area contributed by atoms with Crippen molar-refractivity contribution >= 4 is 17.5 Å². The van der Waals surface area contributed by atoms with E-state index in [1.54, 1.807) is 4.90 Å². The molecule has 128 valence electrons. The fourth-order valence-electron chi connectivity index (χ4n) is 3.85. The number of nitrogens with one attached hydrogen (secondary N) is 2. The normalized spacial score (nSPS) is 21.6. The van der Waals surface area contributed by atoms with Gasteiger partial charge in [-0.05, 0) is 30.2 Å². The minimum Gasteiger partial charge on any atom is -0.350 e. The van der Waals surface area contributed by atoms with Crippen LogP contribution in [0.25, 0.3) is 0 Å². The van der Waals surface area contributed by atoms with E-state index in [2.05, 4.69) is 10.6 Å². The Morgan fingerprint density at radius 3 is 2.64 bits per heavy atom. The molecule has 1 atom stereocenters. The molecule has 0 bridgehead atoms. The molecule has 2 N–H and O–H groups in total. The molecule has 0 aliphatic carbocycles. The molecule has 2 aromatic carbocycles. The summed E-state index contributed by atoms with van der Waals surface area (Å²) in [4.78, 5) is 27.2. The molecule has 4 rings (SSSR count). The van der Waals surface area contributed by atoms with Crippen molar-refractivity contribution in [3.8, 4) is 0 Å². The fraction of sp³-hybridized carbons (Fsp3) is 0.300. The van der Waals surface area contributed by atoms with Gasteiger partial charge in [0.1, 0.15) is 6.54 Å². The summed E-state index contributed by atoms with van der Waals surface area (Å²) in [5, 5.41) is 6.21. The van der Waals surface area contributed by atoms with Gasteiger partial charge in [-0.1, -0.05) is 48.5 Å². The third-order valence-corrected chi connectivity index (χ3v) is 5.15. The number of fused-ring (bicyclic) bond motifs is 2. The van der Waals surface area contributed by atoms with E-state index in [-0.39, 0.29) is 18.4 Å². The maximum absolute atomic E-state index is 13.1. The number of rotatable bonds is 4. The van der Waals surface area contributed by atoms with Gasteiger partial charge in [0.05, 0.1) is 5.41 Å². The zero-order chi connectivity index (χ0) is 17.3. The van der Waals surface area contributed by atoms with Crippen LogP contribution in [0.2, 0.25) is 0 Å². The van der Waals surface area contributed by atoms with E-state index < -0.39 is 5.41 Å². The Morgan fingerprint density at radius 2 is 1.88 bits per heavy atom. The van der Waals surface area contributed by atoms with Gasteiger partial charge in [-0.25, -0.2) is 0 Å². The molecule has 2 aliphatic rings. The van der Waals surface area contributed by atoms with E-state index >= 15 is 0 Å². The maximum Gasteiger partial charge on any atom is 0.240 e. The summed E-state index contributed by atoms with van der Waals surface area (Å²) in [6, 6.07) is 17.6. The minimum atomic E-state index is -0.504. The Morgan fingerprint density at radius 1 is 1.12 bits per heavy atom. The molecule has 2 heterocycles. The molecule has 2 amide bonds. The van der Waals surface area contributed by atoms with Gasteiger partial charge in [-0.2, -0.15) is 0 Å². The van der Waals surface area contributed by atoms with Crippen molar-refractivity contribution in [3.05, 3.63) is 65.7 Å². The maximum atomic E-state index is 13.1. The number of carbonyl (C=O) groups excluding carboxylic acids is 2. The van der Waals surface area contributed by atoms with Crippen molar-refractivity contribution in [1.82, 2.24) is 10.6 Å². The molecule has 2 aromatic rings. The number of nitrogens with zero attached hydrogens (tertiary/aromatic N) is 1. The lowest BCUT2D eigenvalue weighted by Gasteiger charge is -2.22. The van der Waals surface area contributed by atoms with Gasteiger partial charge in [0.2, 0.25) is 11.8 Å². The third kappa shape index (κ3) is 2.70. The van der Waals surface area contributed by atoms with E-state index in [1.807, 2.05) is 54.6 Å². The Bertz CT molecular complexity index is 798. The van der Waals surface area contributed by atoms with Crippen LogP contribution in [0, 0.1) is 0 Å². The van der Waals surface area contributed by atoms with E-state index in [9.17, 15) is 9.59 Å². The van der Waals surface area contributed by atoms with Gasteiger partial charge in [0.15, 0.2) is 0 Å². The van der Waals surface area contributed by atoms with Gasteiger partial charge >= 0.3 is 0 Å². The number of hydrogen-bond acceptors (Lipinski definition) is 3. The second-order valence-corrected chi connectivity index (χ2v) is 6.68. The highest BCUT2D eigenvalue weighted by Gasteiger charge is 2.52. The molecule has 1 unspecified atom stereocenters. The number of amides is 2. The molecule has 2 aliphatic heterocycles. The van der Waals surface area contributed by atoms with Crippen molar-refractivity contribution in [1.29, 1.82) is 0 Å². The quantitative estimate of drug-likeness (QED) is 0.892. The number of para-hydroxylation sites is 1. The van der Waals surface area contributed by atoms with E-state index in [1.165, 1.54) is 0 Å². The van der Waals surface area contributed by atoms with Gasteiger partial charge < -0.3 is 15.5 Å². The first-order chi connectivity index (χ1) is 12.2. The summed E-state index contributed by atoms with van der Waals surface area (Å²) in [5.41, 5.74) is 2.45. The second-order valence-electron chi connectivity index (χ2n) is 6.68. The highest BCUT2D eigenvalue weighted by atomic mass is 16.2. The number of anilines is 1. The van der Waals surface area contributed by atoms with Crippen molar-refractivity contribution < 1.29 is 9.59 Å². The van der Waals surface area contributed by atoms with Gasteiger partial charge in [0, 0.05) is 18.8 Å². The summed E-state index contributed by atoms with van der Waals surface area (Å²) in [6.45, 7) is 2.00. The average Bonchev–Trinajstić information content (AvgIpc) is 3.23. The summed E-state index contributed by atoms with van der Waals surface area (Å²) in [6.07, 6.45) is 0.783. The highest BCUT2D eigenvalue weighted by Crippen LogP contribution is 2.45. The van der Waals surface area contributed by atoms with Crippen LogP contribution in [-0.2, 0) is 21.5 Å². The topological polar surface area (TPSA) is 61.4 Å². The monoisotopic (exact) mass is 335 g/mol. The van der Waals surface area contributed by atoms with Crippen LogP contribution in [0.1, 0.15) is 17.5 Å². The Labute approximate surface area is 147 Å². The van der Waals surface area contributed by atoms with Crippen LogP contribution >= 0.6 is 0 Å². The lowest BCUT2D eigenvalue weighted by Crippen LogP contribution is -2.45. The molecular weight excluding hydrogens is 314 g/mol. The zero-order valence-electron chi connectivity index (χ0n) is 14.0. The Balaban J connectivity index is 1.50. The largest absolute Gasteiger partial charge is 0.350 e. The molecule has 5 nitrogen and oxygen atoms in total. The molecule has 5 heteroatoms. The van der Waals surface area contributed by atoms with Gasteiger partial charge in [-0.3, -0.25) is 9.59 Å². The van der Waals surface area contributed by atoms with Crippen LogP contribution in [-0.4, -0.2) is 31.4 Å². The molecule has 1 spiro atoms. The SMILES string of the molecule is O=C(CN1C(=O)C2(CCNC2)c2ccccc21)NCc1ccccc1. The standard InChI is InChI=1S/C20H21N3O2/c24-18(22-12-15-6-2-1-3-7-15)13-23-17-9-5-4-8-16(17)20(19(23)25)10-11-21-14-20/h1-9,21H,10-14H2,(H,22,24). The lowest BCUT2D eigenvalue weighted by atomic mass is 9.81. The van der Waals surface area contributed by atoms with Crippen LogP contribution < -0.4 is 15.5 Å². The number of benzene rings is 2. The fourth-order valence-corrected chi connectivity index (χ4v) is 3.85. The molecule has 0 aromatic heterocycles. The van der Waals surface area contributed by atoms with Crippen LogP contribution in [0.5, 0.6) is 0 Å². The first-order valence-corrected chi connectivity index (χ1v) is 8.63. The van der Waals surface area contributed by atoms with E-state index in [0.29, 0.717) is 13.1 Å². The third-order valence-electron chi connectivity index (χ3n) is 5.15. The first-order valence-electron chi connectivity index (χ1n) is 8.63. The zero-order valence-corrected chi connectivity index (χ0v) is 14.0. The first kappa shape index (κ1) is 15.8. The van der Waals surface area contributed by atoms with Crippen molar-refractivity contribution in [3.63, 3.8) is 0 Å². The average molecular weight is 335 g/mol. The van der Waals surface area contributed by atoms with Crippen LogP contribution in [0.3, 0.4) is 0 Å². The van der Waals surface area contributed by atoms with Crippen LogP contribution in [0.15, 0.2) is 54.6 Å².